The van der Waals surface area contributed by atoms with Crippen LogP contribution in [0.25, 0.3) is 0 Å². The van der Waals surface area contributed by atoms with E-state index in [9.17, 15) is 9.59 Å². The molecule has 0 spiro atoms. The molecule has 1 aromatic heterocycles. The van der Waals surface area contributed by atoms with E-state index in [1.54, 1.807) is 24.5 Å². The van der Waals surface area contributed by atoms with Gasteiger partial charge < -0.3 is 14.5 Å². The van der Waals surface area contributed by atoms with Crippen molar-refractivity contribution in [1.82, 2.24) is 14.8 Å². The van der Waals surface area contributed by atoms with Gasteiger partial charge in [-0.15, -0.1) is 0 Å². The van der Waals surface area contributed by atoms with E-state index in [4.69, 9.17) is 4.74 Å². The summed E-state index contributed by atoms with van der Waals surface area (Å²) in [4.78, 5) is 33.6. The lowest BCUT2D eigenvalue weighted by Crippen LogP contribution is -2.39. The number of nitrogens with zero attached hydrogens (tertiary/aromatic N) is 3. The molecule has 3 aromatic rings. The number of fused-ring (bicyclic) bond motifs is 2. The van der Waals surface area contributed by atoms with Crippen LogP contribution in [0.2, 0.25) is 0 Å². The normalized spacial score (nSPS) is 17.0. The zero-order valence-electron chi connectivity index (χ0n) is 19.4. The van der Waals surface area contributed by atoms with Gasteiger partial charge in [0.2, 0.25) is 5.91 Å². The van der Waals surface area contributed by atoms with E-state index in [0.29, 0.717) is 37.7 Å². The molecule has 34 heavy (non-hydrogen) atoms. The summed E-state index contributed by atoms with van der Waals surface area (Å²) < 4.78 is 5.58. The first-order valence-electron chi connectivity index (χ1n) is 11.8. The van der Waals surface area contributed by atoms with Crippen LogP contribution in [0.15, 0.2) is 67.0 Å². The van der Waals surface area contributed by atoms with Crippen LogP contribution in [0.1, 0.15) is 40.7 Å². The molecular formula is C28H29N3O3. The Morgan fingerprint density at radius 2 is 1.82 bits per heavy atom. The van der Waals surface area contributed by atoms with Crippen LogP contribution in [0.3, 0.4) is 0 Å². The second kappa shape index (κ2) is 9.67. The predicted molar refractivity (Wildman–Crippen MR) is 129 cm³/mol. The summed E-state index contributed by atoms with van der Waals surface area (Å²) >= 11 is 0. The molecule has 2 aromatic carbocycles. The van der Waals surface area contributed by atoms with Crippen LogP contribution in [0.5, 0.6) is 5.75 Å². The highest BCUT2D eigenvalue weighted by molar-refractivity contribution is 5.80. The van der Waals surface area contributed by atoms with Crippen molar-refractivity contribution in [2.45, 2.75) is 38.8 Å². The second-order valence-electron chi connectivity index (χ2n) is 9.20. The fourth-order valence-corrected chi connectivity index (χ4v) is 4.94. The van der Waals surface area contributed by atoms with Crippen molar-refractivity contribution in [1.29, 1.82) is 0 Å². The zero-order chi connectivity index (χ0) is 23.5. The van der Waals surface area contributed by atoms with Gasteiger partial charge in [0.15, 0.2) is 6.61 Å². The van der Waals surface area contributed by atoms with E-state index in [0.717, 1.165) is 24.1 Å². The minimum absolute atomic E-state index is 0.00613. The van der Waals surface area contributed by atoms with Crippen LogP contribution in [-0.4, -0.2) is 46.3 Å². The molecule has 6 nitrogen and oxygen atoms in total. The van der Waals surface area contributed by atoms with Gasteiger partial charge in [0.25, 0.3) is 5.91 Å². The standard InChI is InChI=1S/C28H29N3O3/c1-20-16-31(17-23-5-2-3-7-26(20)23)27(32)14-21-8-9-22-10-12-30(18-24(22)13-21)28(33)19-34-25-6-4-11-29-15-25/h2-9,11,13,15,20H,10,12,14,16-19H2,1H3/t20-/m0/s1. The number of ether oxygens (including phenoxy) is 1. The van der Waals surface area contributed by atoms with E-state index in [-0.39, 0.29) is 18.4 Å². The molecule has 0 bridgehead atoms. The zero-order valence-corrected chi connectivity index (χ0v) is 19.4. The molecule has 0 saturated heterocycles. The van der Waals surface area contributed by atoms with Crippen molar-refractivity contribution >= 4 is 11.8 Å². The molecule has 0 radical (unpaired) electrons. The minimum atomic E-state index is -0.0445. The highest BCUT2D eigenvalue weighted by Gasteiger charge is 2.26. The number of carbonyl (C=O) groups excluding carboxylic acids is 2. The van der Waals surface area contributed by atoms with Gasteiger partial charge in [-0.05, 0) is 52.3 Å². The molecule has 0 aliphatic carbocycles. The van der Waals surface area contributed by atoms with E-state index < -0.39 is 0 Å². The highest BCUT2D eigenvalue weighted by atomic mass is 16.5. The summed E-state index contributed by atoms with van der Waals surface area (Å²) in [5, 5.41) is 0. The third kappa shape index (κ3) is 4.81. The largest absolute Gasteiger partial charge is 0.482 e. The van der Waals surface area contributed by atoms with Crippen molar-refractivity contribution in [2.75, 3.05) is 19.7 Å². The number of aromatic nitrogens is 1. The average molecular weight is 456 g/mol. The molecule has 1 atom stereocenters. The van der Waals surface area contributed by atoms with Gasteiger partial charge >= 0.3 is 0 Å². The van der Waals surface area contributed by atoms with E-state index in [1.807, 2.05) is 15.9 Å². The van der Waals surface area contributed by atoms with Crippen LogP contribution in [-0.2, 0) is 35.5 Å². The fraction of sp³-hybridized carbons (Fsp3) is 0.321. The number of benzene rings is 2. The molecule has 3 heterocycles. The first-order valence-corrected chi connectivity index (χ1v) is 11.8. The third-order valence-corrected chi connectivity index (χ3v) is 6.78. The maximum atomic E-state index is 13.1. The quantitative estimate of drug-likeness (QED) is 0.588. The van der Waals surface area contributed by atoms with Crippen molar-refractivity contribution in [3.05, 3.63) is 94.8 Å². The van der Waals surface area contributed by atoms with Gasteiger partial charge in [-0.1, -0.05) is 49.4 Å². The molecule has 0 unspecified atom stereocenters. The van der Waals surface area contributed by atoms with E-state index in [1.165, 1.54) is 16.7 Å². The lowest BCUT2D eigenvalue weighted by Gasteiger charge is -2.33. The first kappa shape index (κ1) is 22.1. The monoisotopic (exact) mass is 455 g/mol. The Morgan fingerprint density at radius 3 is 2.68 bits per heavy atom. The van der Waals surface area contributed by atoms with Crippen molar-refractivity contribution in [3.63, 3.8) is 0 Å². The Labute approximate surface area is 200 Å². The van der Waals surface area contributed by atoms with Crippen molar-refractivity contribution in [2.24, 2.45) is 0 Å². The van der Waals surface area contributed by atoms with Gasteiger partial charge in [-0.2, -0.15) is 0 Å². The molecule has 2 aliphatic heterocycles. The lowest BCUT2D eigenvalue weighted by molar-refractivity contribution is -0.134. The summed E-state index contributed by atoms with van der Waals surface area (Å²) in [6, 6.07) is 18.2. The molecule has 6 heteroatoms. The smallest absolute Gasteiger partial charge is 0.260 e. The van der Waals surface area contributed by atoms with Gasteiger partial charge in [0, 0.05) is 32.4 Å². The predicted octanol–water partition coefficient (Wildman–Crippen LogP) is 3.73. The Balaban J connectivity index is 1.21. The Kier molecular flexibility index (Phi) is 6.30. The molecular weight excluding hydrogens is 426 g/mol. The third-order valence-electron chi connectivity index (χ3n) is 6.78. The summed E-state index contributed by atoms with van der Waals surface area (Å²) in [5.41, 5.74) is 5.94. The second-order valence-corrected chi connectivity index (χ2v) is 9.20. The van der Waals surface area contributed by atoms with Crippen LogP contribution < -0.4 is 4.74 Å². The Hall–Kier alpha value is -3.67. The number of pyridine rings is 1. The maximum absolute atomic E-state index is 13.1. The number of rotatable bonds is 5. The maximum Gasteiger partial charge on any atom is 0.260 e. The average Bonchev–Trinajstić information content (AvgIpc) is 2.87. The molecule has 5 rings (SSSR count). The fourth-order valence-electron chi connectivity index (χ4n) is 4.94. The number of carbonyl (C=O) groups is 2. The first-order chi connectivity index (χ1) is 16.6. The molecule has 174 valence electrons. The van der Waals surface area contributed by atoms with E-state index >= 15 is 0 Å². The summed E-state index contributed by atoms with van der Waals surface area (Å²) in [6.45, 7) is 4.81. The summed E-state index contributed by atoms with van der Waals surface area (Å²) in [7, 11) is 0. The Bertz CT molecular complexity index is 1190. The highest BCUT2D eigenvalue weighted by Crippen LogP contribution is 2.28. The van der Waals surface area contributed by atoms with Crippen LogP contribution in [0.4, 0.5) is 0 Å². The molecule has 0 saturated carbocycles. The topological polar surface area (TPSA) is 62.7 Å². The van der Waals surface area contributed by atoms with Gasteiger partial charge in [-0.3, -0.25) is 14.6 Å². The van der Waals surface area contributed by atoms with Gasteiger partial charge in [0.05, 0.1) is 12.6 Å². The van der Waals surface area contributed by atoms with Crippen LogP contribution >= 0.6 is 0 Å². The molecule has 2 amide bonds. The number of hydrogen-bond acceptors (Lipinski definition) is 4. The van der Waals surface area contributed by atoms with Gasteiger partial charge in [-0.25, -0.2) is 0 Å². The van der Waals surface area contributed by atoms with E-state index in [2.05, 4.69) is 48.3 Å². The van der Waals surface area contributed by atoms with Gasteiger partial charge in [0.1, 0.15) is 5.75 Å². The SMILES string of the molecule is C[C@H]1CN(C(=O)Cc2ccc3c(c2)CN(C(=O)COc2cccnc2)CC3)Cc2ccccc21. The number of amides is 2. The summed E-state index contributed by atoms with van der Waals surface area (Å²) in [6.07, 6.45) is 4.45. The minimum Gasteiger partial charge on any atom is -0.482 e. The Morgan fingerprint density at radius 1 is 0.971 bits per heavy atom. The molecule has 0 N–H and O–H groups in total. The number of hydrogen-bond donors (Lipinski definition) is 0. The lowest BCUT2D eigenvalue weighted by atomic mass is 9.90. The van der Waals surface area contributed by atoms with Crippen LogP contribution in [0, 0.1) is 0 Å². The summed E-state index contributed by atoms with van der Waals surface area (Å²) in [5.74, 6) is 1.03. The van der Waals surface area contributed by atoms with Crippen molar-refractivity contribution < 1.29 is 14.3 Å². The molecule has 2 aliphatic rings. The van der Waals surface area contributed by atoms with Crippen molar-refractivity contribution in [3.8, 4) is 5.75 Å². The molecule has 0 fully saturated rings.